The fourth-order valence-corrected chi connectivity index (χ4v) is 2.98. The maximum Gasteiger partial charge on any atom is 0.284 e. The lowest BCUT2D eigenvalue weighted by Gasteiger charge is -2.03. The third kappa shape index (κ3) is 3.06. The molecule has 1 amide bonds. The minimum atomic E-state index is -0.662. The molecule has 4 rings (SSSR count). The van der Waals surface area contributed by atoms with Gasteiger partial charge in [-0.15, -0.1) is 10.2 Å². The Kier molecular flexibility index (Phi) is 4.17. The summed E-state index contributed by atoms with van der Waals surface area (Å²) in [6.07, 6.45) is 1.29. The second kappa shape index (κ2) is 6.65. The van der Waals surface area contributed by atoms with E-state index >= 15 is 0 Å². The van der Waals surface area contributed by atoms with Gasteiger partial charge in [-0.2, -0.15) is 0 Å². The smallest absolute Gasteiger partial charge is 0.284 e. The van der Waals surface area contributed by atoms with Crippen LogP contribution >= 0.6 is 11.6 Å². The molecule has 27 heavy (non-hydrogen) atoms. The fraction of sp³-hybridized carbons (Fsp3) is 0.0556. The molecule has 0 aliphatic carbocycles. The molecule has 2 heterocycles. The topological polar surface area (TPSA) is 113 Å². The van der Waals surface area contributed by atoms with Crippen LogP contribution in [0.4, 0.5) is 5.69 Å². The molecule has 0 saturated heterocycles. The molecule has 0 saturated carbocycles. The molecule has 0 unspecified atom stereocenters. The number of amides is 1. The third-order valence-electron chi connectivity index (χ3n) is 4.04. The van der Waals surface area contributed by atoms with E-state index in [0.717, 1.165) is 4.57 Å². The summed E-state index contributed by atoms with van der Waals surface area (Å²) in [5.74, 6) is -0.913. The zero-order valence-electron chi connectivity index (χ0n) is 13.8. The number of para-hydroxylation sites is 2. The summed E-state index contributed by atoms with van der Waals surface area (Å²) in [6, 6.07) is 11.9. The van der Waals surface area contributed by atoms with Gasteiger partial charge < -0.3 is 10.1 Å². The lowest BCUT2D eigenvalue weighted by Crippen LogP contribution is -2.23. The van der Waals surface area contributed by atoms with Crippen molar-refractivity contribution < 1.29 is 9.90 Å². The summed E-state index contributed by atoms with van der Waals surface area (Å²) in [4.78, 5) is 31.4. The zero-order valence-corrected chi connectivity index (χ0v) is 14.5. The standard InChI is InChI=1S/C18H12ClN5O3/c19-12-6-3-5-11-15(12)21-17(26)16(11)23-22-14(25)8-24-9-20-13-7-2-1-4-10(13)18(24)27/h1-7,9,21,26H,8H2. The maximum atomic E-state index is 12.4. The largest absolute Gasteiger partial charge is 0.493 e. The van der Waals surface area contributed by atoms with Gasteiger partial charge in [-0.3, -0.25) is 14.2 Å². The molecular formula is C18H12ClN5O3. The normalized spacial score (nSPS) is 11.6. The third-order valence-corrected chi connectivity index (χ3v) is 4.35. The van der Waals surface area contributed by atoms with Crippen LogP contribution in [0, 0.1) is 0 Å². The molecule has 2 aromatic carbocycles. The number of halogens is 1. The van der Waals surface area contributed by atoms with Crippen molar-refractivity contribution >= 4 is 45.0 Å². The Morgan fingerprint density at radius 1 is 1.19 bits per heavy atom. The van der Waals surface area contributed by atoms with E-state index in [4.69, 9.17) is 11.6 Å². The van der Waals surface area contributed by atoms with E-state index in [-0.39, 0.29) is 23.7 Å². The molecule has 0 aliphatic rings. The van der Waals surface area contributed by atoms with Crippen molar-refractivity contribution in [3.8, 4) is 5.88 Å². The number of rotatable bonds is 3. The van der Waals surface area contributed by atoms with Gasteiger partial charge in [0.2, 0.25) is 5.88 Å². The van der Waals surface area contributed by atoms with Gasteiger partial charge >= 0.3 is 0 Å². The average molecular weight is 382 g/mol. The first kappa shape index (κ1) is 16.9. The number of aromatic amines is 1. The van der Waals surface area contributed by atoms with Crippen LogP contribution in [0.3, 0.4) is 0 Å². The molecule has 8 nitrogen and oxygen atoms in total. The summed E-state index contributed by atoms with van der Waals surface area (Å²) >= 11 is 6.05. The number of azo groups is 1. The molecule has 0 fully saturated rings. The lowest BCUT2D eigenvalue weighted by molar-refractivity contribution is -0.118. The van der Waals surface area contributed by atoms with Crippen molar-refractivity contribution in [3.05, 3.63) is 64.2 Å². The van der Waals surface area contributed by atoms with Gasteiger partial charge in [-0.1, -0.05) is 35.9 Å². The highest BCUT2D eigenvalue weighted by Crippen LogP contribution is 2.38. The van der Waals surface area contributed by atoms with Gasteiger partial charge in [0.15, 0.2) is 5.69 Å². The van der Waals surface area contributed by atoms with Gasteiger partial charge in [-0.05, 0) is 18.2 Å². The average Bonchev–Trinajstić information content (AvgIpc) is 2.99. The van der Waals surface area contributed by atoms with Crippen molar-refractivity contribution in [3.63, 3.8) is 0 Å². The number of carbonyl (C=O) groups is 1. The fourth-order valence-electron chi connectivity index (χ4n) is 2.76. The van der Waals surface area contributed by atoms with Crippen LogP contribution in [0.5, 0.6) is 5.88 Å². The van der Waals surface area contributed by atoms with Crippen LogP contribution in [-0.4, -0.2) is 25.5 Å². The first-order valence-electron chi connectivity index (χ1n) is 7.92. The Labute approximate surface area is 156 Å². The van der Waals surface area contributed by atoms with Crippen molar-refractivity contribution in [2.45, 2.75) is 6.54 Å². The highest BCUT2D eigenvalue weighted by molar-refractivity contribution is 6.35. The predicted octanol–water partition coefficient (Wildman–Crippen LogP) is 3.55. The Hall–Kier alpha value is -3.52. The molecule has 0 spiro atoms. The number of aromatic nitrogens is 3. The molecular weight excluding hydrogens is 370 g/mol. The number of H-pyrrole nitrogens is 1. The minimum Gasteiger partial charge on any atom is -0.493 e. The van der Waals surface area contributed by atoms with E-state index in [1.54, 1.807) is 42.5 Å². The van der Waals surface area contributed by atoms with Crippen molar-refractivity contribution in [1.29, 1.82) is 0 Å². The number of fused-ring (bicyclic) bond motifs is 2. The number of aromatic hydroxyl groups is 1. The molecule has 0 aliphatic heterocycles. The van der Waals surface area contributed by atoms with E-state index in [1.165, 1.54) is 6.33 Å². The first-order chi connectivity index (χ1) is 13.0. The van der Waals surface area contributed by atoms with E-state index in [0.29, 0.717) is 26.8 Å². The van der Waals surface area contributed by atoms with Gasteiger partial charge in [0.1, 0.15) is 6.54 Å². The molecule has 2 N–H and O–H groups in total. The summed E-state index contributed by atoms with van der Waals surface area (Å²) < 4.78 is 1.16. The Bertz CT molecular complexity index is 1280. The van der Waals surface area contributed by atoms with E-state index in [2.05, 4.69) is 20.2 Å². The molecule has 0 bridgehead atoms. The molecule has 4 aromatic rings. The highest BCUT2D eigenvalue weighted by Gasteiger charge is 2.13. The number of hydrogen-bond acceptors (Lipinski definition) is 5. The van der Waals surface area contributed by atoms with Gasteiger partial charge in [0.05, 0.1) is 27.8 Å². The van der Waals surface area contributed by atoms with E-state index in [1.807, 2.05) is 0 Å². The van der Waals surface area contributed by atoms with Gasteiger partial charge in [0.25, 0.3) is 11.5 Å². The van der Waals surface area contributed by atoms with Crippen LogP contribution in [0.1, 0.15) is 0 Å². The number of benzene rings is 2. The second-order valence-electron chi connectivity index (χ2n) is 5.77. The Morgan fingerprint density at radius 2 is 1.96 bits per heavy atom. The Balaban J connectivity index is 1.62. The van der Waals surface area contributed by atoms with Crippen LogP contribution < -0.4 is 5.56 Å². The number of hydrogen-bond donors (Lipinski definition) is 2. The van der Waals surface area contributed by atoms with Crippen LogP contribution in [0.25, 0.3) is 21.8 Å². The molecule has 2 aromatic heterocycles. The van der Waals surface area contributed by atoms with Crippen molar-refractivity contribution in [2.75, 3.05) is 0 Å². The summed E-state index contributed by atoms with van der Waals surface area (Å²) in [5, 5.41) is 18.7. The quantitative estimate of drug-likeness (QED) is 0.528. The number of nitrogens with one attached hydrogen (secondary N) is 1. The monoisotopic (exact) mass is 381 g/mol. The molecule has 9 heteroatoms. The number of carbonyl (C=O) groups excluding carboxylic acids is 1. The minimum absolute atomic E-state index is 0.102. The molecule has 0 atom stereocenters. The van der Waals surface area contributed by atoms with Crippen LogP contribution in [0.2, 0.25) is 5.02 Å². The SMILES string of the molecule is O=C(Cn1cnc2ccccc2c1=O)N=Nc1c(O)[nH]c2c(Cl)cccc12. The number of nitrogens with zero attached hydrogens (tertiary/aromatic N) is 4. The van der Waals surface area contributed by atoms with Crippen molar-refractivity contribution in [2.24, 2.45) is 10.2 Å². The predicted molar refractivity (Wildman–Crippen MR) is 100 cm³/mol. The summed E-state index contributed by atoms with van der Waals surface area (Å²) in [5.41, 5.74) is 0.803. The van der Waals surface area contributed by atoms with Crippen molar-refractivity contribution in [1.82, 2.24) is 14.5 Å². The van der Waals surface area contributed by atoms with Crippen LogP contribution in [0.15, 0.2) is 63.8 Å². The van der Waals surface area contributed by atoms with E-state index in [9.17, 15) is 14.7 Å². The van der Waals surface area contributed by atoms with Crippen LogP contribution in [-0.2, 0) is 11.3 Å². The molecule has 134 valence electrons. The summed E-state index contributed by atoms with van der Waals surface area (Å²) in [7, 11) is 0. The molecule has 0 radical (unpaired) electrons. The lowest BCUT2D eigenvalue weighted by atomic mass is 10.2. The maximum absolute atomic E-state index is 12.4. The first-order valence-corrected chi connectivity index (χ1v) is 8.30. The second-order valence-corrected chi connectivity index (χ2v) is 6.18. The highest BCUT2D eigenvalue weighted by atomic mass is 35.5. The Morgan fingerprint density at radius 3 is 2.81 bits per heavy atom. The summed E-state index contributed by atoms with van der Waals surface area (Å²) in [6.45, 7) is -0.315. The zero-order chi connectivity index (χ0) is 19.0. The van der Waals surface area contributed by atoms with Gasteiger partial charge in [0, 0.05) is 5.39 Å². The van der Waals surface area contributed by atoms with E-state index < -0.39 is 5.91 Å². The van der Waals surface area contributed by atoms with Gasteiger partial charge in [-0.25, -0.2) is 4.98 Å².